The predicted octanol–water partition coefficient (Wildman–Crippen LogP) is 8.17. The first kappa shape index (κ1) is 25.7. The van der Waals surface area contributed by atoms with E-state index in [4.69, 9.17) is 18.1 Å². The lowest BCUT2D eigenvalue weighted by atomic mass is 9.97. The van der Waals surface area contributed by atoms with Crippen molar-refractivity contribution in [1.29, 1.82) is 0 Å². The molecular formula is C20H40O4P2S2. The third-order valence-electron chi connectivity index (χ3n) is 4.75. The van der Waals surface area contributed by atoms with Crippen molar-refractivity contribution in [3.63, 3.8) is 0 Å². The van der Waals surface area contributed by atoms with Gasteiger partial charge in [-0.2, -0.15) is 0 Å². The van der Waals surface area contributed by atoms with E-state index in [-0.39, 0.29) is 10.8 Å². The Kier molecular flexibility index (Phi) is 11.4. The molecule has 2 fully saturated rings. The van der Waals surface area contributed by atoms with Crippen LogP contribution in [0.1, 0.15) is 80.1 Å². The monoisotopic (exact) mass is 470 g/mol. The van der Waals surface area contributed by atoms with Gasteiger partial charge in [0.2, 0.25) is 15.2 Å². The predicted molar refractivity (Wildman–Crippen MR) is 127 cm³/mol. The first-order valence-electron chi connectivity index (χ1n) is 10.6. The maximum Gasteiger partial charge on any atom is 0.238 e. The van der Waals surface area contributed by atoms with Crippen LogP contribution in [0.5, 0.6) is 0 Å². The first-order valence-corrected chi connectivity index (χ1v) is 15.9. The van der Waals surface area contributed by atoms with Crippen LogP contribution in [-0.2, 0) is 18.1 Å². The molecule has 0 amide bonds. The molecule has 0 aromatic carbocycles. The molecule has 4 nitrogen and oxygen atoms in total. The van der Waals surface area contributed by atoms with Crippen molar-refractivity contribution in [3.8, 4) is 0 Å². The smallest absolute Gasteiger partial charge is 0.238 e. The fourth-order valence-electron chi connectivity index (χ4n) is 2.81. The van der Waals surface area contributed by atoms with E-state index < -0.39 is 15.2 Å². The van der Waals surface area contributed by atoms with E-state index in [1.807, 2.05) is 22.8 Å². The molecule has 0 N–H and O–H groups in total. The van der Waals surface area contributed by atoms with Crippen LogP contribution in [0.4, 0.5) is 0 Å². The second kappa shape index (κ2) is 12.4. The summed E-state index contributed by atoms with van der Waals surface area (Å²) < 4.78 is 23.6. The highest BCUT2D eigenvalue weighted by atomic mass is 32.7. The van der Waals surface area contributed by atoms with Crippen molar-refractivity contribution >= 4 is 37.9 Å². The summed E-state index contributed by atoms with van der Waals surface area (Å²) in [5.74, 6) is 0. The molecule has 8 heteroatoms. The molecule has 166 valence electrons. The van der Waals surface area contributed by atoms with Crippen LogP contribution < -0.4 is 0 Å². The number of hydrogen-bond acceptors (Lipinski definition) is 6. The minimum atomic E-state index is -0.729. The summed E-state index contributed by atoms with van der Waals surface area (Å²) in [5, 5.41) is 1.24. The standard InChI is InChI=1S/C20H40O4P2S2/c1-17(27-25-21-13-19(3,4)14-22-25)11-9-7-8-10-12-18(2)28-26-23-15-20(5,6)16-24-26/h17-18H,7-16H2,1-6H3. The Morgan fingerprint density at radius 2 is 0.964 bits per heavy atom. The van der Waals surface area contributed by atoms with Crippen molar-refractivity contribution in [3.05, 3.63) is 0 Å². The molecule has 0 spiro atoms. The second-order valence-corrected chi connectivity index (χ2v) is 16.7. The molecule has 0 bridgehead atoms. The van der Waals surface area contributed by atoms with Crippen molar-refractivity contribution in [2.75, 3.05) is 26.4 Å². The molecule has 2 aliphatic heterocycles. The Bertz CT molecular complexity index is 394. The Balaban J connectivity index is 1.44. The summed E-state index contributed by atoms with van der Waals surface area (Å²) in [5.41, 5.74) is 0.343. The van der Waals surface area contributed by atoms with Gasteiger partial charge in [0.1, 0.15) is 0 Å². The van der Waals surface area contributed by atoms with Gasteiger partial charge in [-0.25, -0.2) is 0 Å². The third kappa shape index (κ3) is 10.6. The van der Waals surface area contributed by atoms with Crippen LogP contribution in [-0.4, -0.2) is 36.9 Å². The van der Waals surface area contributed by atoms with Gasteiger partial charge in [0.25, 0.3) is 0 Å². The molecule has 0 saturated carbocycles. The van der Waals surface area contributed by atoms with E-state index in [2.05, 4.69) is 41.5 Å². The van der Waals surface area contributed by atoms with E-state index >= 15 is 0 Å². The van der Waals surface area contributed by atoms with Gasteiger partial charge in [-0.15, -0.1) is 0 Å². The second-order valence-electron chi connectivity index (χ2n) is 9.69. The van der Waals surface area contributed by atoms with Gasteiger partial charge in [0.15, 0.2) is 0 Å². The summed E-state index contributed by atoms with van der Waals surface area (Å²) in [6.45, 7) is 16.7. The fourth-order valence-corrected chi connectivity index (χ4v) is 9.91. The van der Waals surface area contributed by atoms with Crippen LogP contribution >= 0.6 is 37.9 Å². The number of unbranched alkanes of at least 4 members (excludes halogenated alkanes) is 3. The molecule has 0 radical (unpaired) electrons. The minimum absolute atomic E-state index is 0.172. The molecule has 0 aromatic rings. The Hall–Kier alpha value is 1.40. The zero-order valence-corrected chi connectivity index (χ0v) is 22.0. The van der Waals surface area contributed by atoms with Gasteiger partial charge in [0.05, 0.1) is 26.4 Å². The molecule has 2 unspecified atom stereocenters. The maximum absolute atomic E-state index is 5.89. The lowest BCUT2D eigenvalue weighted by Crippen LogP contribution is -2.27. The van der Waals surface area contributed by atoms with Gasteiger partial charge in [-0.1, -0.05) is 90.0 Å². The normalized spacial score (nSPS) is 25.5. The van der Waals surface area contributed by atoms with Crippen LogP contribution in [0.2, 0.25) is 0 Å². The van der Waals surface area contributed by atoms with Gasteiger partial charge in [-0.3, -0.25) is 0 Å². The zero-order valence-electron chi connectivity index (χ0n) is 18.6. The average molecular weight is 471 g/mol. The number of rotatable bonds is 11. The maximum atomic E-state index is 5.89. The largest absolute Gasteiger partial charge is 0.325 e. The zero-order chi connectivity index (χ0) is 20.6. The van der Waals surface area contributed by atoms with E-state index in [0.717, 1.165) is 26.4 Å². The molecule has 28 heavy (non-hydrogen) atoms. The Labute approximate surface area is 183 Å². The van der Waals surface area contributed by atoms with Crippen molar-refractivity contribution < 1.29 is 18.1 Å². The summed E-state index contributed by atoms with van der Waals surface area (Å²) in [6.07, 6.45) is 7.77. The summed E-state index contributed by atoms with van der Waals surface area (Å²) in [4.78, 5) is 0. The van der Waals surface area contributed by atoms with E-state index in [1.54, 1.807) is 0 Å². The molecule has 2 rings (SSSR count). The quantitative estimate of drug-likeness (QED) is 0.224. The fraction of sp³-hybridized carbons (Fsp3) is 1.00. The third-order valence-corrected chi connectivity index (χ3v) is 12.1. The summed E-state index contributed by atoms with van der Waals surface area (Å²) >= 11 is 3.80. The SMILES string of the molecule is CC(CCCCCCC(C)SP1OCC(C)(C)CO1)SP1OCC(C)(C)CO1. The van der Waals surface area contributed by atoms with E-state index in [0.29, 0.717) is 10.5 Å². The van der Waals surface area contributed by atoms with Gasteiger partial charge in [-0.05, 0) is 12.8 Å². The topological polar surface area (TPSA) is 36.9 Å². The highest BCUT2D eigenvalue weighted by molar-refractivity contribution is 8.53. The van der Waals surface area contributed by atoms with Gasteiger partial charge in [0, 0.05) is 21.3 Å². The van der Waals surface area contributed by atoms with Gasteiger partial charge >= 0.3 is 0 Å². The van der Waals surface area contributed by atoms with Crippen LogP contribution in [0.3, 0.4) is 0 Å². The van der Waals surface area contributed by atoms with Crippen molar-refractivity contribution in [1.82, 2.24) is 0 Å². The summed E-state index contributed by atoms with van der Waals surface area (Å²) in [7, 11) is -1.46. The van der Waals surface area contributed by atoms with Crippen molar-refractivity contribution in [2.45, 2.75) is 90.6 Å². The molecule has 2 atom stereocenters. The molecule has 2 aliphatic rings. The lowest BCUT2D eigenvalue weighted by Gasteiger charge is -2.34. The van der Waals surface area contributed by atoms with E-state index in [1.165, 1.54) is 38.5 Å². The first-order chi connectivity index (χ1) is 13.2. The van der Waals surface area contributed by atoms with E-state index in [9.17, 15) is 0 Å². The Morgan fingerprint density at radius 1 is 0.643 bits per heavy atom. The van der Waals surface area contributed by atoms with Crippen LogP contribution in [0.25, 0.3) is 0 Å². The molecular weight excluding hydrogens is 430 g/mol. The molecule has 0 aromatic heterocycles. The van der Waals surface area contributed by atoms with Crippen molar-refractivity contribution in [2.24, 2.45) is 10.8 Å². The van der Waals surface area contributed by atoms with Crippen LogP contribution in [0, 0.1) is 10.8 Å². The average Bonchev–Trinajstić information content (AvgIpc) is 2.62. The highest BCUT2D eigenvalue weighted by Gasteiger charge is 2.31. The minimum Gasteiger partial charge on any atom is -0.325 e. The lowest BCUT2D eigenvalue weighted by molar-refractivity contribution is 0.0685. The molecule has 2 saturated heterocycles. The summed E-state index contributed by atoms with van der Waals surface area (Å²) in [6, 6.07) is 0. The molecule has 0 aliphatic carbocycles. The molecule has 2 heterocycles. The highest BCUT2D eigenvalue weighted by Crippen LogP contribution is 2.59. The Morgan fingerprint density at radius 3 is 1.29 bits per heavy atom. The number of hydrogen-bond donors (Lipinski definition) is 0. The van der Waals surface area contributed by atoms with Gasteiger partial charge < -0.3 is 18.1 Å². The van der Waals surface area contributed by atoms with Crippen LogP contribution in [0.15, 0.2) is 0 Å².